The number of nitrogens with one attached hydrogen (secondary N) is 1. The van der Waals surface area contributed by atoms with Crippen LogP contribution in [0.2, 0.25) is 0 Å². The molecule has 8 nitrogen and oxygen atoms in total. The number of aromatic nitrogens is 3. The second-order valence-corrected chi connectivity index (χ2v) is 10.3. The number of nitrogens with two attached hydrogens (primary N) is 1. The van der Waals surface area contributed by atoms with Crippen molar-refractivity contribution in [3.05, 3.63) is 72.6 Å². The van der Waals surface area contributed by atoms with E-state index in [1.54, 1.807) is 42.5 Å². The third kappa shape index (κ3) is 4.02. The molecule has 1 fully saturated rings. The highest BCUT2D eigenvalue weighted by Crippen LogP contribution is 2.34. The van der Waals surface area contributed by atoms with E-state index in [0.29, 0.717) is 28.1 Å². The van der Waals surface area contributed by atoms with Crippen LogP contribution in [0.15, 0.2) is 71.9 Å². The first-order chi connectivity index (χ1) is 16.5. The number of hydrogen-bond acceptors (Lipinski definition) is 7. The Hall–Kier alpha value is -3.74. The van der Waals surface area contributed by atoms with Crippen molar-refractivity contribution in [2.75, 3.05) is 5.32 Å². The number of rotatable bonds is 5. The number of anilines is 1. The monoisotopic (exact) mass is 472 g/mol. The number of fused-ring (bicyclic) bond motifs is 1. The second kappa shape index (κ2) is 8.89. The summed E-state index contributed by atoms with van der Waals surface area (Å²) in [6.07, 6.45) is 6.86. The van der Waals surface area contributed by atoms with Crippen molar-refractivity contribution >= 4 is 26.9 Å². The van der Waals surface area contributed by atoms with Gasteiger partial charge >= 0.3 is 0 Å². The first-order valence-electron chi connectivity index (χ1n) is 11.2. The standard InChI is InChI=1S/C25H24N6O2S/c26-14-17-15-28-25(29-19-8-6-7-18(27)13-19)30-24(17)22-16-31(23-12-5-4-11-21(22)23)34(32,33)20-9-2-1-3-10-20/h1-5,9-12,15-16,18-19H,6-8,13,27H2,(H,28,29,30)/t18?,19-/m1/s1. The van der Waals surface area contributed by atoms with E-state index in [9.17, 15) is 13.7 Å². The van der Waals surface area contributed by atoms with Crippen LogP contribution in [0.4, 0.5) is 5.95 Å². The summed E-state index contributed by atoms with van der Waals surface area (Å²) in [6.45, 7) is 0. The Morgan fingerprint density at radius 2 is 1.85 bits per heavy atom. The molecule has 2 aromatic heterocycles. The van der Waals surface area contributed by atoms with Crippen LogP contribution in [0.25, 0.3) is 22.2 Å². The van der Waals surface area contributed by atoms with Crippen molar-refractivity contribution in [3.8, 4) is 17.3 Å². The Bertz CT molecular complexity index is 1490. The van der Waals surface area contributed by atoms with Gasteiger partial charge < -0.3 is 11.1 Å². The lowest BCUT2D eigenvalue weighted by Crippen LogP contribution is -2.35. The van der Waals surface area contributed by atoms with Gasteiger partial charge in [-0.2, -0.15) is 5.26 Å². The van der Waals surface area contributed by atoms with Gasteiger partial charge in [0.05, 0.1) is 27.9 Å². The molecule has 172 valence electrons. The van der Waals surface area contributed by atoms with E-state index in [1.807, 2.05) is 12.1 Å². The zero-order chi connectivity index (χ0) is 23.7. The molecule has 0 spiro atoms. The van der Waals surface area contributed by atoms with Crippen molar-refractivity contribution in [1.29, 1.82) is 5.26 Å². The quantitative estimate of drug-likeness (QED) is 0.451. The van der Waals surface area contributed by atoms with Gasteiger partial charge in [0.2, 0.25) is 5.95 Å². The third-order valence-electron chi connectivity index (χ3n) is 6.19. The van der Waals surface area contributed by atoms with E-state index in [0.717, 1.165) is 25.7 Å². The minimum atomic E-state index is -3.85. The number of nitrogens with zero attached hydrogens (tertiary/aromatic N) is 4. The van der Waals surface area contributed by atoms with Gasteiger partial charge in [0.25, 0.3) is 10.0 Å². The van der Waals surface area contributed by atoms with Crippen LogP contribution in [0, 0.1) is 11.3 Å². The SMILES string of the molecule is N#Cc1cnc(N[C@@H]2CCCC(N)C2)nc1-c1cn(S(=O)(=O)c2ccccc2)c2ccccc12. The number of nitriles is 1. The van der Waals surface area contributed by atoms with Crippen LogP contribution in [0.1, 0.15) is 31.2 Å². The molecule has 5 rings (SSSR count). The van der Waals surface area contributed by atoms with Crippen LogP contribution < -0.4 is 11.1 Å². The van der Waals surface area contributed by atoms with Crippen LogP contribution in [-0.4, -0.2) is 34.4 Å². The number of para-hydroxylation sites is 1. The lowest BCUT2D eigenvalue weighted by molar-refractivity contribution is 0.408. The molecule has 0 aliphatic heterocycles. The predicted molar refractivity (Wildman–Crippen MR) is 131 cm³/mol. The average Bonchev–Trinajstić information content (AvgIpc) is 3.25. The first kappa shape index (κ1) is 22.1. The molecule has 1 aliphatic carbocycles. The van der Waals surface area contributed by atoms with Gasteiger partial charge in [-0.15, -0.1) is 0 Å². The molecule has 1 aliphatic rings. The normalized spacial score (nSPS) is 18.5. The number of hydrogen-bond donors (Lipinski definition) is 2. The van der Waals surface area contributed by atoms with E-state index in [4.69, 9.17) is 5.73 Å². The van der Waals surface area contributed by atoms with E-state index in [1.165, 1.54) is 16.4 Å². The van der Waals surface area contributed by atoms with Gasteiger partial charge in [-0.25, -0.2) is 22.4 Å². The Kier molecular flexibility index (Phi) is 5.77. The summed E-state index contributed by atoms with van der Waals surface area (Å²) in [5.41, 5.74) is 7.84. The molecule has 2 aromatic carbocycles. The zero-order valence-corrected chi connectivity index (χ0v) is 19.2. The minimum Gasteiger partial charge on any atom is -0.351 e. The molecule has 1 unspecified atom stereocenters. The lowest BCUT2D eigenvalue weighted by Gasteiger charge is -2.27. The number of benzene rings is 2. The summed E-state index contributed by atoms with van der Waals surface area (Å²) in [6, 6.07) is 17.9. The predicted octanol–water partition coefficient (Wildman–Crippen LogP) is 3.89. The molecule has 0 amide bonds. The minimum absolute atomic E-state index is 0.144. The van der Waals surface area contributed by atoms with E-state index < -0.39 is 10.0 Å². The Labute approximate surface area is 198 Å². The Morgan fingerprint density at radius 1 is 1.09 bits per heavy atom. The summed E-state index contributed by atoms with van der Waals surface area (Å²) in [7, 11) is -3.85. The molecule has 1 saturated carbocycles. The fraction of sp³-hybridized carbons (Fsp3) is 0.240. The molecule has 4 aromatic rings. The van der Waals surface area contributed by atoms with Gasteiger partial charge in [-0.1, -0.05) is 36.4 Å². The molecular formula is C25H24N6O2S. The van der Waals surface area contributed by atoms with E-state index in [2.05, 4.69) is 21.4 Å². The van der Waals surface area contributed by atoms with Crippen molar-refractivity contribution in [1.82, 2.24) is 13.9 Å². The maximum atomic E-state index is 13.4. The summed E-state index contributed by atoms with van der Waals surface area (Å²) in [4.78, 5) is 9.17. The Morgan fingerprint density at radius 3 is 2.62 bits per heavy atom. The lowest BCUT2D eigenvalue weighted by atomic mass is 9.92. The van der Waals surface area contributed by atoms with Crippen LogP contribution >= 0.6 is 0 Å². The molecule has 0 radical (unpaired) electrons. The smallest absolute Gasteiger partial charge is 0.268 e. The van der Waals surface area contributed by atoms with E-state index >= 15 is 0 Å². The molecule has 9 heteroatoms. The Balaban J connectivity index is 1.63. The first-order valence-corrected chi connectivity index (χ1v) is 12.6. The maximum absolute atomic E-state index is 13.4. The fourth-order valence-corrected chi connectivity index (χ4v) is 5.91. The fourth-order valence-electron chi connectivity index (χ4n) is 4.52. The molecular weight excluding hydrogens is 448 g/mol. The molecule has 0 bridgehead atoms. The van der Waals surface area contributed by atoms with Gasteiger partial charge in [0.1, 0.15) is 6.07 Å². The van der Waals surface area contributed by atoms with Gasteiger partial charge in [0.15, 0.2) is 0 Å². The largest absolute Gasteiger partial charge is 0.351 e. The third-order valence-corrected chi connectivity index (χ3v) is 7.88. The zero-order valence-electron chi connectivity index (χ0n) is 18.4. The van der Waals surface area contributed by atoms with Gasteiger partial charge in [0, 0.05) is 29.2 Å². The van der Waals surface area contributed by atoms with Crippen molar-refractivity contribution in [2.24, 2.45) is 5.73 Å². The average molecular weight is 473 g/mol. The highest BCUT2D eigenvalue weighted by molar-refractivity contribution is 7.90. The van der Waals surface area contributed by atoms with Gasteiger partial charge in [-0.3, -0.25) is 0 Å². The maximum Gasteiger partial charge on any atom is 0.268 e. The second-order valence-electron chi connectivity index (χ2n) is 8.51. The highest BCUT2D eigenvalue weighted by atomic mass is 32.2. The van der Waals surface area contributed by atoms with Crippen molar-refractivity contribution in [2.45, 2.75) is 42.7 Å². The van der Waals surface area contributed by atoms with Crippen molar-refractivity contribution < 1.29 is 8.42 Å². The summed E-state index contributed by atoms with van der Waals surface area (Å²) in [5, 5.41) is 13.8. The molecule has 2 heterocycles. The molecule has 0 saturated heterocycles. The molecule has 3 N–H and O–H groups in total. The van der Waals surface area contributed by atoms with Gasteiger partial charge in [-0.05, 0) is 43.9 Å². The summed E-state index contributed by atoms with van der Waals surface area (Å²) >= 11 is 0. The van der Waals surface area contributed by atoms with Crippen LogP contribution in [-0.2, 0) is 10.0 Å². The van der Waals surface area contributed by atoms with Crippen LogP contribution in [0.3, 0.4) is 0 Å². The molecule has 2 atom stereocenters. The highest BCUT2D eigenvalue weighted by Gasteiger charge is 2.24. The van der Waals surface area contributed by atoms with Crippen LogP contribution in [0.5, 0.6) is 0 Å². The van der Waals surface area contributed by atoms with E-state index in [-0.39, 0.29) is 22.5 Å². The summed E-state index contributed by atoms with van der Waals surface area (Å²) in [5.74, 6) is 0.399. The van der Waals surface area contributed by atoms with Crippen molar-refractivity contribution in [3.63, 3.8) is 0 Å². The molecule has 34 heavy (non-hydrogen) atoms. The topological polar surface area (TPSA) is 127 Å². The summed E-state index contributed by atoms with van der Waals surface area (Å²) < 4.78 is 28.2.